The van der Waals surface area contributed by atoms with E-state index in [0.29, 0.717) is 17.1 Å². The Balaban J connectivity index is 1.64. The first-order valence-corrected chi connectivity index (χ1v) is 8.71. The molecule has 0 aliphatic heterocycles. The molecule has 1 heterocycles. The van der Waals surface area contributed by atoms with Crippen molar-refractivity contribution >= 4 is 17.3 Å². The lowest BCUT2D eigenvalue weighted by Crippen LogP contribution is -2.14. The molecule has 0 saturated heterocycles. The molecule has 3 rings (SSSR count). The average molecular weight is 349 g/mol. The van der Waals surface area contributed by atoms with E-state index < -0.39 is 0 Å². The van der Waals surface area contributed by atoms with E-state index in [0.717, 1.165) is 5.69 Å². The number of anilines is 2. The average Bonchev–Trinajstić information content (AvgIpc) is 3.14. The van der Waals surface area contributed by atoms with Gasteiger partial charge in [-0.25, -0.2) is 4.98 Å². The predicted octanol–water partition coefficient (Wildman–Crippen LogP) is 5.22. The van der Waals surface area contributed by atoms with Gasteiger partial charge in [-0.2, -0.15) is 0 Å². The SMILES string of the molecule is CC(C)c1ocnc1C(=O)Nc1ccc(NC(C)c2ccccc2)cc1. The standard InChI is InChI=1S/C21H23N3O2/c1-14(2)20-19(22-13-26-20)21(25)24-18-11-9-17(10-12-18)23-15(3)16-7-5-4-6-8-16/h4-15,23H,1-3H3,(H,24,25). The Kier molecular flexibility index (Phi) is 5.37. The molecule has 1 unspecified atom stereocenters. The molecule has 0 fully saturated rings. The lowest BCUT2D eigenvalue weighted by atomic mass is 10.1. The topological polar surface area (TPSA) is 67.2 Å². The second-order valence-electron chi connectivity index (χ2n) is 6.53. The molecule has 1 amide bonds. The molecule has 0 saturated carbocycles. The zero-order valence-electron chi connectivity index (χ0n) is 15.2. The van der Waals surface area contributed by atoms with Crippen molar-refractivity contribution in [3.63, 3.8) is 0 Å². The molecule has 5 nitrogen and oxygen atoms in total. The summed E-state index contributed by atoms with van der Waals surface area (Å²) < 4.78 is 5.31. The first-order valence-electron chi connectivity index (χ1n) is 8.71. The van der Waals surface area contributed by atoms with Crippen LogP contribution in [0.4, 0.5) is 11.4 Å². The highest BCUT2D eigenvalue weighted by molar-refractivity contribution is 6.03. The molecular weight excluding hydrogens is 326 g/mol. The molecule has 1 aromatic heterocycles. The zero-order chi connectivity index (χ0) is 18.5. The van der Waals surface area contributed by atoms with Gasteiger partial charge in [0.25, 0.3) is 5.91 Å². The van der Waals surface area contributed by atoms with Crippen LogP contribution in [0.15, 0.2) is 65.4 Å². The molecule has 26 heavy (non-hydrogen) atoms. The molecule has 134 valence electrons. The Bertz CT molecular complexity index is 854. The van der Waals surface area contributed by atoms with Crippen LogP contribution in [0, 0.1) is 0 Å². The third kappa shape index (κ3) is 4.11. The third-order valence-corrected chi connectivity index (χ3v) is 4.16. The van der Waals surface area contributed by atoms with Crippen LogP contribution in [0.3, 0.4) is 0 Å². The van der Waals surface area contributed by atoms with E-state index in [1.807, 2.05) is 56.3 Å². The van der Waals surface area contributed by atoms with E-state index in [-0.39, 0.29) is 17.9 Å². The van der Waals surface area contributed by atoms with Gasteiger partial charge in [-0.15, -0.1) is 0 Å². The van der Waals surface area contributed by atoms with Crippen LogP contribution in [0.5, 0.6) is 0 Å². The molecule has 3 aromatic rings. The molecule has 5 heteroatoms. The molecule has 0 bridgehead atoms. The number of benzene rings is 2. The number of aromatic nitrogens is 1. The molecule has 0 radical (unpaired) electrons. The summed E-state index contributed by atoms with van der Waals surface area (Å²) in [6, 6.07) is 18.1. The molecular formula is C21H23N3O2. The van der Waals surface area contributed by atoms with E-state index in [2.05, 4.69) is 34.7 Å². The van der Waals surface area contributed by atoms with E-state index in [4.69, 9.17) is 4.42 Å². The highest BCUT2D eigenvalue weighted by Gasteiger charge is 2.19. The maximum atomic E-state index is 12.4. The van der Waals surface area contributed by atoms with Crippen LogP contribution < -0.4 is 10.6 Å². The summed E-state index contributed by atoms with van der Waals surface area (Å²) in [5.74, 6) is 0.433. The molecule has 1 atom stereocenters. The van der Waals surface area contributed by atoms with Gasteiger partial charge < -0.3 is 15.1 Å². The lowest BCUT2D eigenvalue weighted by molar-refractivity contribution is 0.102. The van der Waals surface area contributed by atoms with Gasteiger partial charge in [0.2, 0.25) is 0 Å². The van der Waals surface area contributed by atoms with Crippen molar-refractivity contribution in [1.29, 1.82) is 0 Å². The number of nitrogens with zero attached hydrogens (tertiary/aromatic N) is 1. The maximum Gasteiger partial charge on any atom is 0.277 e. The fraction of sp³-hybridized carbons (Fsp3) is 0.238. The van der Waals surface area contributed by atoms with E-state index in [1.54, 1.807) is 0 Å². The Hall–Kier alpha value is -3.08. The number of carbonyl (C=O) groups is 1. The van der Waals surface area contributed by atoms with E-state index in [1.165, 1.54) is 12.0 Å². The first kappa shape index (κ1) is 17.7. The van der Waals surface area contributed by atoms with Gasteiger partial charge in [-0.1, -0.05) is 44.2 Å². The fourth-order valence-corrected chi connectivity index (χ4v) is 2.75. The fourth-order valence-electron chi connectivity index (χ4n) is 2.75. The predicted molar refractivity (Wildman–Crippen MR) is 103 cm³/mol. The maximum absolute atomic E-state index is 12.4. The van der Waals surface area contributed by atoms with E-state index >= 15 is 0 Å². The van der Waals surface area contributed by atoms with Crippen LogP contribution in [-0.4, -0.2) is 10.9 Å². The molecule has 0 spiro atoms. The lowest BCUT2D eigenvalue weighted by Gasteiger charge is -2.16. The molecule has 0 aliphatic carbocycles. The van der Waals surface area contributed by atoms with Crippen LogP contribution in [-0.2, 0) is 0 Å². The highest BCUT2D eigenvalue weighted by Crippen LogP contribution is 2.22. The summed E-state index contributed by atoms with van der Waals surface area (Å²) in [6.07, 6.45) is 1.31. The number of carbonyl (C=O) groups excluding carboxylic acids is 1. The third-order valence-electron chi connectivity index (χ3n) is 4.16. The van der Waals surface area contributed by atoms with Gasteiger partial charge in [-0.3, -0.25) is 4.79 Å². The second kappa shape index (κ2) is 7.87. The second-order valence-corrected chi connectivity index (χ2v) is 6.53. The zero-order valence-corrected chi connectivity index (χ0v) is 15.2. The van der Waals surface area contributed by atoms with Crippen molar-refractivity contribution < 1.29 is 9.21 Å². The first-order chi connectivity index (χ1) is 12.5. The van der Waals surface area contributed by atoms with E-state index in [9.17, 15) is 4.79 Å². The Morgan fingerprint density at radius 3 is 2.27 bits per heavy atom. The minimum atomic E-state index is -0.263. The smallest absolute Gasteiger partial charge is 0.277 e. The monoisotopic (exact) mass is 349 g/mol. The van der Waals surface area contributed by atoms with Gasteiger partial charge in [0.1, 0.15) is 5.76 Å². The Morgan fingerprint density at radius 2 is 1.62 bits per heavy atom. The van der Waals surface area contributed by atoms with Crippen LogP contribution in [0.2, 0.25) is 0 Å². The summed E-state index contributed by atoms with van der Waals surface area (Å²) in [7, 11) is 0. The number of hydrogen-bond donors (Lipinski definition) is 2. The molecule has 2 N–H and O–H groups in total. The van der Waals surface area contributed by atoms with Gasteiger partial charge in [0.05, 0.1) is 0 Å². The van der Waals surface area contributed by atoms with Crippen molar-refractivity contribution in [2.75, 3.05) is 10.6 Å². The number of nitrogens with one attached hydrogen (secondary N) is 2. The van der Waals surface area contributed by atoms with Gasteiger partial charge in [0, 0.05) is 23.3 Å². The van der Waals surface area contributed by atoms with Gasteiger partial charge in [0.15, 0.2) is 12.1 Å². The Morgan fingerprint density at radius 1 is 0.962 bits per heavy atom. The summed E-state index contributed by atoms with van der Waals surface area (Å²) >= 11 is 0. The van der Waals surface area contributed by atoms with Crippen molar-refractivity contribution in [3.05, 3.63) is 78.0 Å². The number of hydrogen-bond acceptors (Lipinski definition) is 4. The minimum absolute atomic E-state index is 0.101. The normalized spacial score (nSPS) is 12.0. The number of rotatable bonds is 6. The summed E-state index contributed by atoms with van der Waals surface area (Å²) in [4.78, 5) is 16.4. The number of amides is 1. The quantitative estimate of drug-likeness (QED) is 0.640. The summed E-state index contributed by atoms with van der Waals surface area (Å²) in [5.41, 5.74) is 3.26. The van der Waals surface area contributed by atoms with Gasteiger partial charge >= 0.3 is 0 Å². The van der Waals surface area contributed by atoms with Crippen molar-refractivity contribution in [2.45, 2.75) is 32.7 Å². The number of oxazole rings is 1. The van der Waals surface area contributed by atoms with Crippen molar-refractivity contribution in [3.8, 4) is 0 Å². The molecule has 0 aliphatic rings. The minimum Gasteiger partial charge on any atom is -0.447 e. The van der Waals surface area contributed by atoms with Crippen LogP contribution in [0.25, 0.3) is 0 Å². The van der Waals surface area contributed by atoms with Crippen molar-refractivity contribution in [1.82, 2.24) is 4.98 Å². The largest absolute Gasteiger partial charge is 0.447 e. The van der Waals surface area contributed by atoms with Crippen molar-refractivity contribution in [2.24, 2.45) is 0 Å². The van der Waals surface area contributed by atoms with Crippen LogP contribution >= 0.6 is 0 Å². The summed E-state index contributed by atoms with van der Waals surface area (Å²) in [6.45, 7) is 6.04. The van der Waals surface area contributed by atoms with Crippen LogP contribution in [0.1, 0.15) is 54.5 Å². The highest BCUT2D eigenvalue weighted by atomic mass is 16.3. The molecule has 2 aromatic carbocycles. The van der Waals surface area contributed by atoms with Gasteiger partial charge in [-0.05, 0) is 36.8 Å². The Labute approximate surface area is 153 Å². The summed E-state index contributed by atoms with van der Waals surface area (Å²) in [5, 5.41) is 6.31.